The first-order valence-corrected chi connectivity index (χ1v) is 29.5. The highest BCUT2D eigenvalue weighted by Crippen LogP contribution is 2.42. The Hall–Kier alpha value is -7.54. The van der Waals surface area contributed by atoms with Gasteiger partial charge in [-0.05, 0) is 134 Å². The number of amides is 4. The maximum absolute atomic E-state index is 14.6. The Morgan fingerprint density at radius 3 is 2.27 bits per heavy atom. The number of aryl methyl sites for hydroxylation is 1. The Morgan fingerprint density at radius 1 is 0.827 bits per heavy atom. The minimum Gasteiger partial charge on any atom is -0.490 e. The third-order valence-electron chi connectivity index (χ3n) is 16.6. The fourth-order valence-corrected chi connectivity index (χ4v) is 13.4. The summed E-state index contributed by atoms with van der Waals surface area (Å²) in [5, 5.41) is 31.2. The molecule has 7 aromatic rings. The molecule has 0 unspecified atom stereocenters. The number of hydrogen-bond acceptors (Lipinski definition) is 13. The SMILES string of the molecule is Cc1ncsc1-c1ccc([C@H](C)NC(=O)[C@@H]2C[C@@H](O)CN2C(=O)[C@@H](NC(=O)C(C)(C)C2CCC(Oc3cccc(-c4ccc(N5CCc6cccc(C(=O)Nc7nc8ccccc8s7)c6C5)nc4C(=O)O)c3C)CC2)C(C)(C)C)cc1. The number of hydrogen-bond donors (Lipinski definition) is 5. The highest BCUT2D eigenvalue weighted by atomic mass is 32.1. The third kappa shape index (κ3) is 12.0. The number of pyridine rings is 1. The summed E-state index contributed by atoms with van der Waals surface area (Å²) < 4.78 is 7.67. The maximum atomic E-state index is 14.6. The second-order valence-corrected chi connectivity index (χ2v) is 25.3. The number of anilines is 2. The van der Waals surface area contributed by atoms with E-state index in [2.05, 4.69) is 25.9 Å². The third-order valence-corrected chi connectivity index (χ3v) is 18.5. The minimum absolute atomic E-state index is 0.0246. The monoisotopic (exact) mass is 1130 g/mol. The first-order valence-electron chi connectivity index (χ1n) is 27.8. The van der Waals surface area contributed by atoms with Crippen LogP contribution in [0.15, 0.2) is 103 Å². The van der Waals surface area contributed by atoms with Gasteiger partial charge in [-0.25, -0.2) is 19.7 Å². The van der Waals surface area contributed by atoms with Crippen molar-refractivity contribution >= 4 is 73.4 Å². The van der Waals surface area contributed by atoms with Gasteiger partial charge in [0.05, 0.1) is 44.5 Å². The summed E-state index contributed by atoms with van der Waals surface area (Å²) in [5.41, 5.74) is 8.21. The first kappa shape index (κ1) is 56.7. The van der Waals surface area contributed by atoms with Gasteiger partial charge in [0, 0.05) is 42.6 Å². The summed E-state index contributed by atoms with van der Waals surface area (Å²) in [6.07, 6.45) is 2.40. The van der Waals surface area contributed by atoms with E-state index < -0.39 is 40.9 Å². The van der Waals surface area contributed by atoms with E-state index >= 15 is 0 Å². The number of likely N-dealkylation sites (tertiary alicyclic amines) is 1. The van der Waals surface area contributed by atoms with E-state index in [0.717, 1.165) is 48.6 Å². The molecule has 2 aliphatic heterocycles. The van der Waals surface area contributed by atoms with E-state index in [9.17, 15) is 34.2 Å². The van der Waals surface area contributed by atoms with Gasteiger partial charge < -0.3 is 35.4 Å². The predicted octanol–water partition coefficient (Wildman–Crippen LogP) is 10.9. The lowest BCUT2D eigenvalue weighted by Crippen LogP contribution is -2.60. The summed E-state index contributed by atoms with van der Waals surface area (Å²) >= 11 is 2.99. The van der Waals surface area contributed by atoms with Crippen molar-refractivity contribution in [3.8, 4) is 27.3 Å². The number of carbonyl (C=O) groups excluding carboxylic acids is 4. The van der Waals surface area contributed by atoms with Gasteiger partial charge in [-0.1, -0.05) is 107 Å². The molecule has 18 heteroatoms. The number of para-hydroxylation sites is 1. The fourth-order valence-electron chi connectivity index (χ4n) is 11.7. The minimum atomic E-state index is -1.16. The molecule has 1 aliphatic carbocycles. The molecule has 4 amide bonds. The zero-order valence-corrected chi connectivity index (χ0v) is 48.7. The number of aromatic nitrogens is 3. The molecule has 3 aromatic heterocycles. The van der Waals surface area contributed by atoms with E-state index in [-0.39, 0.29) is 54.4 Å². The number of aliphatic hydroxyl groups is 1. The number of aromatic carboxylic acids is 1. The standard InChI is InChI=1S/C63H70N8O8S2/c1-35-44(45-27-28-52(67-53(45)59(76)77)70-30-29-39-13-11-15-46(47(39)33-70)56(73)69-61-66-48-16-9-10-18-51(48)81-61)14-12-17-50(35)79-43-25-23-41(24-26-43)63(7,8)60(78)68-55(62(4,5)6)58(75)71-32-42(72)31-49(71)57(74)65-36(2)38-19-21-40(22-20-38)54-37(3)64-34-80-54/h9-22,27-28,34,36,41-43,49,55,72H,23-26,29-33H2,1-8H3,(H,65,74)(H,68,78)(H,76,77)(H,66,69,73)/t36-,41?,42+,43?,49-,55+/m0/s1. The van der Waals surface area contributed by atoms with Crippen LogP contribution in [0.2, 0.25) is 0 Å². The van der Waals surface area contributed by atoms with Crippen molar-refractivity contribution in [2.75, 3.05) is 23.3 Å². The molecule has 4 aromatic carbocycles. The lowest BCUT2D eigenvalue weighted by molar-refractivity contribution is -0.146. The van der Waals surface area contributed by atoms with Crippen molar-refractivity contribution in [2.45, 2.75) is 131 Å². The number of β-amino-alcohol motifs (C(OH)–C–C–N with tert-alkyl or cyclic N) is 1. The highest BCUT2D eigenvalue weighted by molar-refractivity contribution is 7.22. The van der Waals surface area contributed by atoms with Crippen molar-refractivity contribution in [3.05, 3.63) is 142 Å². The number of rotatable bonds is 15. The normalized spacial score (nSPS) is 19.1. The van der Waals surface area contributed by atoms with Crippen LogP contribution in [0.4, 0.5) is 10.9 Å². The molecule has 81 heavy (non-hydrogen) atoms. The van der Waals surface area contributed by atoms with Crippen LogP contribution < -0.4 is 25.6 Å². The number of carboxylic acids is 1. The van der Waals surface area contributed by atoms with Crippen LogP contribution in [0.5, 0.6) is 5.75 Å². The number of carbonyl (C=O) groups is 5. The Balaban J connectivity index is 0.763. The van der Waals surface area contributed by atoms with Crippen molar-refractivity contribution in [1.29, 1.82) is 0 Å². The molecule has 16 nitrogen and oxygen atoms in total. The molecule has 1 saturated heterocycles. The summed E-state index contributed by atoms with van der Waals surface area (Å²) in [7, 11) is 0. The van der Waals surface area contributed by atoms with Crippen molar-refractivity contribution in [2.24, 2.45) is 16.7 Å². The van der Waals surface area contributed by atoms with Gasteiger partial charge in [0.2, 0.25) is 17.7 Å². The van der Waals surface area contributed by atoms with Gasteiger partial charge in [0.1, 0.15) is 23.7 Å². The Kier molecular flexibility index (Phi) is 16.2. The van der Waals surface area contributed by atoms with E-state index in [1.807, 2.05) is 151 Å². The molecule has 2 fully saturated rings. The molecule has 10 rings (SSSR count). The van der Waals surface area contributed by atoms with Crippen LogP contribution in [0.1, 0.15) is 128 Å². The van der Waals surface area contributed by atoms with Crippen LogP contribution in [0, 0.1) is 30.6 Å². The largest absolute Gasteiger partial charge is 0.490 e. The molecule has 5 heterocycles. The summed E-state index contributed by atoms with van der Waals surface area (Å²) in [5.74, 6) is -1.37. The van der Waals surface area contributed by atoms with E-state index in [1.54, 1.807) is 23.5 Å². The molecule has 0 radical (unpaired) electrons. The summed E-state index contributed by atoms with van der Waals surface area (Å²) in [6, 6.07) is 28.4. The van der Waals surface area contributed by atoms with Gasteiger partial charge in [-0.15, -0.1) is 11.3 Å². The number of ether oxygens (including phenoxy) is 1. The van der Waals surface area contributed by atoms with Crippen LogP contribution in [-0.2, 0) is 27.3 Å². The van der Waals surface area contributed by atoms with E-state index in [4.69, 9.17) is 9.72 Å². The fraction of sp³-hybridized carbons (Fsp3) is 0.397. The topological polar surface area (TPSA) is 216 Å². The number of carboxylic acid groups (broad SMARTS) is 1. The summed E-state index contributed by atoms with van der Waals surface area (Å²) in [4.78, 5) is 87.9. The van der Waals surface area contributed by atoms with Crippen molar-refractivity contribution in [3.63, 3.8) is 0 Å². The molecule has 0 bridgehead atoms. The van der Waals surface area contributed by atoms with E-state index in [1.165, 1.54) is 16.2 Å². The van der Waals surface area contributed by atoms with Crippen LogP contribution >= 0.6 is 22.7 Å². The maximum Gasteiger partial charge on any atom is 0.355 e. The molecule has 4 atom stereocenters. The zero-order valence-electron chi connectivity index (χ0n) is 47.0. The second-order valence-electron chi connectivity index (χ2n) is 23.5. The van der Waals surface area contributed by atoms with Crippen LogP contribution in [0.25, 0.3) is 31.8 Å². The zero-order chi connectivity index (χ0) is 57.5. The van der Waals surface area contributed by atoms with Crippen molar-refractivity contribution < 1.29 is 38.9 Å². The molecule has 5 N–H and O–H groups in total. The molecule has 0 spiro atoms. The highest BCUT2D eigenvalue weighted by Gasteiger charge is 2.47. The number of nitrogens with one attached hydrogen (secondary N) is 3. The van der Waals surface area contributed by atoms with Gasteiger partial charge in [0.25, 0.3) is 5.91 Å². The number of fused-ring (bicyclic) bond motifs is 2. The molecule has 3 aliphatic rings. The number of benzene rings is 4. The summed E-state index contributed by atoms with van der Waals surface area (Å²) in [6.45, 7) is 16.2. The van der Waals surface area contributed by atoms with Gasteiger partial charge >= 0.3 is 5.97 Å². The number of aliphatic hydroxyl groups excluding tert-OH is 1. The average Bonchev–Trinajstić information content (AvgIpc) is 4.26. The lowest BCUT2D eigenvalue weighted by atomic mass is 9.69. The van der Waals surface area contributed by atoms with Crippen LogP contribution in [0.3, 0.4) is 0 Å². The smallest absolute Gasteiger partial charge is 0.355 e. The first-order chi connectivity index (χ1) is 38.6. The molecular weight excluding hydrogens is 1060 g/mol. The molecule has 1 saturated carbocycles. The Labute approximate surface area is 480 Å². The van der Waals surface area contributed by atoms with Gasteiger partial charge in [0.15, 0.2) is 10.8 Å². The lowest BCUT2D eigenvalue weighted by Gasteiger charge is -2.41. The van der Waals surface area contributed by atoms with Gasteiger partial charge in [-0.3, -0.25) is 24.5 Å². The molecular formula is C63H70N8O8S2. The Morgan fingerprint density at radius 2 is 1.57 bits per heavy atom. The number of nitrogens with zero attached hydrogens (tertiary/aromatic N) is 5. The second kappa shape index (κ2) is 23.1. The van der Waals surface area contributed by atoms with Gasteiger partial charge in [-0.2, -0.15) is 0 Å². The quantitative estimate of drug-likeness (QED) is 0.0648. The predicted molar refractivity (Wildman–Crippen MR) is 317 cm³/mol. The molecule has 422 valence electrons. The van der Waals surface area contributed by atoms with E-state index in [0.29, 0.717) is 78.6 Å². The Bertz CT molecular complexity index is 3490. The van der Waals surface area contributed by atoms with Crippen LogP contribution in [-0.4, -0.2) is 97.0 Å². The number of thiazole rings is 2. The average molecular weight is 1130 g/mol. The van der Waals surface area contributed by atoms with Crippen molar-refractivity contribution in [1.82, 2.24) is 30.5 Å².